The highest BCUT2D eigenvalue weighted by atomic mass is 16.5. The zero-order valence-corrected chi connectivity index (χ0v) is 12.8. The van der Waals surface area contributed by atoms with Crippen LogP contribution in [0.2, 0.25) is 0 Å². The number of hydrogen-bond donors (Lipinski definition) is 1. The average molecular weight is 290 g/mol. The van der Waals surface area contributed by atoms with Gasteiger partial charge in [-0.15, -0.1) is 0 Å². The Morgan fingerprint density at radius 1 is 1.33 bits per heavy atom. The summed E-state index contributed by atoms with van der Waals surface area (Å²) < 4.78 is 12.8. The molecule has 0 amide bonds. The van der Waals surface area contributed by atoms with Crippen molar-refractivity contribution in [1.82, 2.24) is 14.8 Å². The zero-order valence-electron chi connectivity index (χ0n) is 12.8. The van der Waals surface area contributed by atoms with Gasteiger partial charge in [0.2, 0.25) is 0 Å². The van der Waals surface area contributed by atoms with E-state index in [0.29, 0.717) is 13.2 Å². The van der Waals surface area contributed by atoms with E-state index in [1.807, 2.05) is 25.2 Å². The Balaban J connectivity index is 2.08. The van der Waals surface area contributed by atoms with Gasteiger partial charge >= 0.3 is 0 Å². The highest BCUT2D eigenvalue weighted by Gasteiger charge is 2.07. The minimum atomic E-state index is 0.577. The van der Waals surface area contributed by atoms with Crippen LogP contribution < -0.4 is 14.8 Å². The van der Waals surface area contributed by atoms with Gasteiger partial charge < -0.3 is 14.8 Å². The molecule has 0 atom stereocenters. The van der Waals surface area contributed by atoms with Crippen LogP contribution >= 0.6 is 0 Å². The molecule has 21 heavy (non-hydrogen) atoms. The SMILES string of the molecule is CCCCOc1ccc(OC)cc1NCc1ncnn1C. The number of nitrogens with one attached hydrogen (secondary N) is 1. The minimum absolute atomic E-state index is 0.577. The van der Waals surface area contributed by atoms with E-state index < -0.39 is 0 Å². The molecule has 1 heterocycles. The highest BCUT2D eigenvalue weighted by molar-refractivity contribution is 5.59. The minimum Gasteiger partial charge on any atom is -0.497 e. The van der Waals surface area contributed by atoms with Gasteiger partial charge in [-0.2, -0.15) is 5.10 Å². The summed E-state index contributed by atoms with van der Waals surface area (Å²) in [4.78, 5) is 4.20. The van der Waals surface area contributed by atoms with Crippen molar-refractivity contribution in [2.24, 2.45) is 7.05 Å². The summed E-state index contributed by atoms with van der Waals surface area (Å²) in [6, 6.07) is 5.75. The number of aromatic nitrogens is 3. The van der Waals surface area contributed by atoms with Crippen LogP contribution in [0.3, 0.4) is 0 Å². The molecule has 2 rings (SSSR count). The Morgan fingerprint density at radius 2 is 2.19 bits per heavy atom. The quantitative estimate of drug-likeness (QED) is 0.757. The molecule has 0 spiro atoms. The van der Waals surface area contributed by atoms with Crippen LogP contribution in [0.4, 0.5) is 5.69 Å². The predicted octanol–water partition coefficient (Wildman–Crippen LogP) is 2.61. The molecule has 0 aliphatic carbocycles. The van der Waals surface area contributed by atoms with Gasteiger partial charge in [-0.1, -0.05) is 13.3 Å². The molecule has 6 heteroatoms. The summed E-state index contributed by atoms with van der Waals surface area (Å²) in [6.45, 7) is 3.43. The molecule has 1 aromatic carbocycles. The Morgan fingerprint density at radius 3 is 2.86 bits per heavy atom. The number of unbranched alkanes of at least 4 members (excludes halogenated alkanes) is 1. The van der Waals surface area contributed by atoms with E-state index in [9.17, 15) is 0 Å². The van der Waals surface area contributed by atoms with E-state index in [1.54, 1.807) is 18.1 Å². The third-order valence-corrected chi connectivity index (χ3v) is 3.18. The molecule has 0 saturated heterocycles. The van der Waals surface area contributed by atoms with Crippen molar-refractivity contribution in [1.29, 1.82) is 0 Å². The molecule has 114 valence electrons. The fraction of sp³-hybridized carbons (Fsp3) is 0.467. The van der Waals surface area contributed by atoms with Crippen LogP contribution in [0.1, 0.15) is 25.6 Å². The fourth-order valence-electron chi connectivity index (χ4n) is 1.88. The number of anilines is 1. The maximum Gasteiger partial charge on any atom is 0.145 e. The topological polar surface area (TPSA) is 61.2 Å². The second-order valence-corrected chi connectivity index (χ2v) is 4.72. The lowest BCUT2D eigenvalue weighted by atomic mass is 10.2. The van der Waals surface area contributed by atoms with Gasteiger partial charge in [-0.3, -0.25) is 4.68 Å². The lowest BCUT2D eigenvalue weighted by Gasteiger charge is -2.14. The number of hydrogen-bond acceptors (Lipinski definition) is 5. The second-order valence-electron chi connectivity index (χ2n) is 4.72. The number of rotatable bonds is 8. The lowest BCUT2D eigenvalue weighted by Crippen LogP contribution is -2.08. The number of methoxy groups -OCH3 is 1. The molecule has 0 aliphatic heterocycles. The second kappa shape index (κ2) is 7.52. The maximum atomic E-state index is 5.82. The molecule has 6 nitrogen and oxygen atoms in total. The predicted molar refractivity (Wildman–Crippen MR) is 81.7 cm³/mol. The van der Waals surface area contributed by atoms with Gasteiger partial charge in [0.25, 0.3) is 0 Å². The summed E-state index contributed by atoms with van der Waals surface area (Å²) in [6.07, 6.45) is 3.69. The highest BCUT2D eigenvalue weighted by Crippen LogP contribution is 2.29. The van der Waals surface area contributed by atoms with Gasteiger partial charge in [0.1, 0.15) is 23.7 Å². The van der Waals surface area contributed by atoms with Crippen LogP contribution in [0.25, 0.3) is 0 Å². The number of nitrogens with zero attached hydrogens (tertiary/aromatic N) is 3. The van der Waals surface area contributed by atoms with E-state index in [2.05, 4.69) is 22.3 Å². The molecular formula is C15H22N4O2. The van der Waals surface area contributed by atoms with Crippen molar-refractivity contribution in [3.63, 3.8) is 0 Å². The van der Waals surface area contributed by atoms with Crippen LogP contribution in [-0.4, -0.2) is 28.5 Å². The van der Waals surface area contributed by atoms with Crippen molar-refractivity contribution < 1.29 is 9.47 Å². The third-order valence-electron chi connectivity index (χ3n) is 3.18. The van der Waals surface area contributed by atoms with E-state index >= 15 is 0 Å². The normalized spacial score (nSPS) is 10.4. The molecule has 0 aliphatic rings. The maximum absolute atomic E-state index is 5.82. The van der Waals surface area contributed by atoms with E-state index in [1.165, 1.54) is 0 Å². The molecule has 1 aromatic heterocycles. The molecule has 0 fully saturated rings. The Hall–Kier alpha value is -2.24. The van der Waals surface area contributed by atoms with Gasteiger partial charge in [0, 0.05) is 13.1 Å². The summed E-state index contributed by atoms with van der Waals surface area (Å²) in [5, 5.41) is 7.39. The largest absolute Gasteiger partial charge is 0.497 e. The van der Waals surface area contributed by atoms with E-state index in [0.717, 1.165) is 35.9 Å². The molecule has 0 unspecified atom stereocenters. The molecule has 1 N–H and O–H groups in total. The molecule has 0 bridgehead atoms. The first-order valence-corrected chi connectivity index (χ1v) is 7.12. The standard InChI is InChI=1S/C15H22N4O2/c1-4-5-8-21-14-7-6-12(20-3)9-13(14)16-10-15-17-11-18-19(15)2/h6-7,9,11,16H,4-5,8,10H2,1-3H3. The first kappa shape index (κ1) is 15.2. The summed E-state index contributed by atoms with van der Waals surface area (Å²) in [5.74, 6) is 2.47. The zero-order chi connectivity index (χ0) is 15.1. The third kappa shape index (κ3) is 4.11. The van der Waals surface area contributed by atoms with Crippen molar-refractivity contribution in [3.05, 3.63) is 30.4 Å². The van der Waals surface area contributed by atoms with E-state index in [-0.39, 0.29) is 0 Å². The first-order chi connectivity index (χ1) is 10.2. The smallest absolute Gasteiger partial charge is 0.145 e. The van der Waals surface area contributed by atoms with Crippen LogP contribution in [0, 0.1) is 0 Å². The molecule has 0 radical (unpaired) electrons. The Kier molecular flexibility index (Phi) is 5.43. The first-order valence-electron chi connectivity index (χ1n) is 7.12. The number of ether oxygens (including phenoxy) is 2. The summed E-state index contributed by atoms with van der Waals surface area (Å²) in [5.41, 5.74) is 0.897. The molecule has 2 aromatic rings. The van der Waals surface area contributed by atoms with E-state index in [4.69, 9.17) is 9.47 Å². The van der Waals surface area contributed by atoms with Crippen molar-refractivity contribution in [3.8, 4) is 11.5 Å². The summed E-state index contributed by atoms with van der Waals surface area (Å²) in [7, 11) is 3.52. The van der Waals surface area contributed by atoms with Gasteiger partial charge in [0.15, 0.2) is 0 Å². The number of aryl methyl sites for hydroxylation is 1. The van der Waals surface area contributed by atoms with Gasteiger partial charge in [-0.05, 0) is 18.6 Å². The van der Waals surface area contributed by atoms with Crippen molar-refractivity contribution in [2.75, 3.05) is 19.0 Å². The average Bonchev–Trinajstić information content (AvgIpc) is 2.91. The monoisotopic (exact) mass is 290 g/mol. The number of benzene rings is 1. The van der Waals surface area contributed by atoms with Gasteiger partial charge in [0.05, 0.1) is 25.9 Å². The fourth-order valence-corrected chi connectivity index (χ4v) is 1.88. The molecule has 0 saturated carbocycles. The van der Waals surface area contributed by atoms with Crippen molar-refractivity contribution >= 4 is 5.69 Å². The lowest BCUT2D eigenvalue weighted by molar-refractivity contribution is 0.310. The van der Waals surface area contributed by atoms with Crippen molar-refractivity contribution in [2.45, 2.75) is 26.3 Å². The molecular weight excluding hydrogens is 268 g/mol. The van der Waals surface area contributed by atoms with Gasteiger partial charge in [-0.25, -0.2) is 4.98 Å². The van der Waals surface area contributed by atoms with Crippen LogP contribution in [-0.2, 0) is 13.6 Å². The van der Waals surface area contributed by atoms with Crippen LogP contribution in [0.5, 0.6) is 11.5 Å². The Bertz CT molecular complexity index is 569. The Labute approximate surface area is 125 Å². The summed E-state index contributed by atoms with van der Waals surface area (Å²) >= 11 is 0. The van der Waals surface area contributed by atoms with Crippen LogP contribution in [0.15, 0.2) is 24.5 Å².